The molecule has 0 aliphatic rings. The molecule has 0 rings (SSSR count). The summed E-state index contributed by atoms with van der Waals surface area (Å²) in [4.78, 5) is 0. The van der Waals surface area contributed by atoms with Crippen LogP contribution in [0.4, 0.5) is 0 Å². The van der Waals surface area contributed by atoms with E-state index < -0.39 is 0 Å². The molecule has 0 aliphatic carbocycles. The number of nitrogens with two attached hydrogens (primary N) is 1. The lowest BCUT2D eigenvalue weighted by molar-refractivity contribution is 0.949. The fourth-order valence-corrected chi connectivity index (χ4v) is 1.60. The third-order valence-corrected chi connectivity index (χ3v) is 2.50. The first-order chi connectivity index (χ1) is 8.74. The zero-order valence-corrected chi connectivity index (χ0v) is 11.9. The third-order valence-electron chi connectivity index (χ3n) is 2.50. The average Bonchev–Trinajstić information content (AvgIpc) is 2.35. The van der Waals surface area contributed by atoms with E-state index in [1.54, 1.807) is 12.2 Å². The molecule has 1 heteroatoms. The van der Waals surface area contributed by atoms with E-state index in [9.17, 15) is 0 Å². The zero-order chi connectivity index (χ0) is 13.6. The highest BCUT2D eigenvalue weighted by atomic mass is 14.5. The molecule has 0 aliphatic heterocycles. The van der Waals surface area contributed by atoms with Gasteiger partial charge in [-0.05, 0) is 37.8 Å². The summed E-state index contributed by atoms with van der Waals surface area (Å²) in [6.07, 6.45) is 19.9. The predicted molar refractivity (Wildman–Crippen MR) is 83.3 cm³/mol. The maximum absolute atomic E-state index is 5.75. The van der Waals surface area contributed by atoms with Crippen molar-refractivity contribution in [2.24, 2.45) is 5.73 Å². The Morgan fingerprint density at radius 3 is 2.44 bits per heavy atom. The summed E-state index contributed by atoms with van der Waals surface area (Å²) in [6, 6.07) is 0. The normalized spacial score (nSPS) is 13.7. The fraction of sp³-hybridized carbons (Fsp3) is 0.412. The Kier molecular flexibility index (Phi) is 11.0. The van der Waals surface area contributed by atoms with Crippen molar-refractivity contribution in [3.63, 3.8) is 0 Å². The van der Waals surface area contributed by atoms with Gasteiger partial charge in [-0.1, -0.05) is 62.8 Å². The van der Waals surface area contributed by atoms with E-state index in [2.05, 4.69) is 44.7 Å². The maximum Gasteiger partial charge on any atom is 0.0310 e. The highest BCUT2D eigenvalue weighted by molar-refractivity contribution is 5.21. The Labute approximate surface area is 112 Å². The van der Waals surface area contributed by atoms with Crippen LogP contribution in [-0.4, -0.2) is 0 Å². The molecule has 0 fully saturated rings. The second-order valence-corrected chi connectivity index (χ2v) is 4.24. The van der Waals surface area contributed by atoms with Gasteiger partial charge in [0.25, 0.3) is 0 Å². The molecule has 0 radical (unpaired) electrons. The standard InChI is InChI=1S/C17H27N/c1-4-7-8-9-13-16(11-5-2)14-10-15-17(18)12-6-3/h6,8-12,15H,3-5,7,13-14,18H2,1-2H3/b9-8-,15-10-,16-11+,17-12+. The lowest BCUT2D eigenvalue weighted by Gasteiger charge is -2.00. The molecule has 0 aromatic heterocycles. The van der Waals surface area contributed by atoms with Crippen LogP contribution in [-0.2, 0) is 0 Å². The van der Waals surface area contributed by atoms with Crippen LogP contribution in [0.5, 0.6) is 0 Å². The van der Waals surface area contributed by atoms with Crippen LogP contribution in [0.2, 0.25) is 0 Å². The molecule has 0 atom stereocenters. The first-order valence-corrected chi connectivity index (χ1v) is 6.82. The van der Waals surface area contributed by atoms with Crippen molar-refractivity contribution in [2.75, 3.05) is 0 Å². The minimum Gasteiger partial charge on any atom is -0.399 e. The van der Waals surface area contributed by atoms with Crippen molar-refractivity contribution >= 4 is 0 Å². The molecule has 0 bridgehead atoms. The Hall–Kier alpha value is -1.50. The summed E-state index contributed by atoms with van der Waals surface area (Å²) in [7, 11) is 0. The van der Waals surface area contributed by atoms with Gasteiger partial charge in [0.05, 0.1) is 0 Å². The molecule has 2 N–H and O–H groups in total. The number of hydrogen-bond acceptors (Lipinski definition) is 1. The Balaban J connectivity index is 4.25. The highest BCUT2D eigenvalue weighted by Crippen LogP contribution is 2.11. The lowest BCUT2D eigenvalue weighted by Crippen LogP contribution is -1.91. The molecule has 0 amide bonds. The van der Waals surface area contributed by atoms with Crippen molar-refractivity contribution in [3.05, 3.63) is 60.4 Å². The molecule has 0 saturated heterocycles. The van der Waals surface area contributed by atoms with E-state index in [-0.39, 0.29) is 0 Å². The molecule has 0 spiro atoms. The van der Waals surface area contributed by atoms with Crippen LogP contribution < -0.4 is 5.73 Å². The summed E-state index contributed by atoms with van der Waals surface area (Å²) < 4.78 is 0. The highest BCUT2D eigenvalue weighted by Gasteiger charge is 1.91. The zero-order valence-electron chi connectivity index (χ0n) is 11.9. The van der Waals surface area contributed by atoms with Crippen molar-refractivity contribution in [1.29, 1.82) is 0 Å². The van der Waals surface area contributed by atoms with Gasteiger partial charge in [0.2, 0.25) is 0 Å². The van der Waals surface area contributed by atoms with E-state index >= 15 is 0 Å². The first kappa shape index (κ1) is 16.5. The second kappa shape index (κ2) is 12.0. The molecule has 0 aromatic rings. The van der Waals surface area contributed by atoms with Gasteiger partial charge in [-0.2, -0.15) is 0 Å². The fourth-order valence-electron chi connectivity index (χ4n) is 1.60. The van der Waals surface area contributed by atoms with Crippen LogP contribution in [0.15, 0.2) is 60.4 Å². The SMILES string of the molecule is C=C/C=C(N)\C=C/C/C(=C/CC)C/C=C\CCC. The van der Waals surface area contributed by atoms with E-state index in [0.29, 0.717) is 0 Å². The Bertz CT molecular complexity index is 330. The average molecular weight is 245 g/mol. The molecule has 18 heavy (non-hydrogen) atoms. The van der Waals surface area contributed by atoms with Crippen molar-refractivity contribution in [2.45, 2.75) is 46.0 Å². The summed E-state index contributed by atoms with van der Waals surface area (Å²) in [5.41, 5.74) is 7.96. The summed E-state index contributed by atoms with van der Waals surface area (Å²) in [5.74, 6) is 0. The van der Waals surface area contributed by atoms with E-state index in [1.807, 2.05) is 6.08 Å². The largest absolute Gasteiger partial charge is 0.399 e. The molecule has 0 saturated carbocycles. The Morgan fingerprint density at radius 1 is 1.11 bits per heavy atom. The van der Waals surface area contributed by atoms with Gasteiger partial charge in [0.15, 0.2) is 0 Å². The van der Waals surface area contributed by atoms with E-state index in [1.165, 1.54) is 18.4 Å². The van der Waals surface area contributed by atoms with Gasteiger partial charge in [-0.25, -0.2) is 0 Å². The van der Waals surface area contributed by atoms with E-state index in [0.717, 1.165) is 25.0 Å². The number of allylic oxidation sites excluding steroid dienone is 8. The number of hydrogen-bond donors (Lipinski definition) is 1. The van der Waals surface area contributed by atoms with Gasteiger partial charge in [0, 0.05) is 5.70 Å². The molecular weight excluding hydrogens is 218 g/mol. The van der Waals surface area contributed by atoms with Gasteiger partial charge < -0.3 is 5.73 Å². The molecule has 0 unspecified atom stereocenters. The predicted octanol–water partition coefficient (Wildman–Crippen LogP) is 5.04. The van der Waals surface area contributed by atoms with E-state index in [4.69, 9.17) is 5.73 Å². The number of rotatable bonds is 9. The lowest BCUT2D eigenvalue weighted by atomic mass is 10.1. The number of unbranched alkanes of at least 4 members (excludes halogenated alkanes) is 1. The van der Waals surface area contributed by atoms with Gasteiger partial charge in [0.1, 0.15) is 0 Å². The maximum atomic E-state index is 5.75. The molecule has 1 nitrogen and oxygen atoms in total. The van der Waals surface area contributed by atoms with Gasteiger partial charge in [-0.15, -0.1) is 0 Å². The summed E-state index contributed by atoms with van der Waals surface area (Å²) >= 11 is 0. The molecule has 100 valence electrons. The van der Waals surface area contributed by atoms with Crippen molar-refractivity contribution < 1.29 is 0 Å². The smallest absolute Gasteiger partial charge is 0.0310 e. The van der Waals surface area contributed by atoms with Crippen LogP contribution in [0.1, 0.15) is 46.0 Å². The van der Waals surface area contributed by atoms with Crippen molar-refractivity contribution in [3.8, 4) is 0 Å². The van der Waals surface area contributed by atoms with Gasteiger partial charge >= 0.3 is 0 Å². The molecule has 0 aromatic carbocycles. The third kappa shape index (κ3) is 9.71. The van der Waals surface area contributed by atoms with Crippen molar-refractivity contribution in [1.82, 2.24) is 0 Å². The monoisotopic (exact) mass is 245 g/mol. The summed E-state index contributed by atoms with van der Waals surface area (Å²) in [6.45, 7) is 7.99. The van der Waals surface area contributed by atoms with Gasteiger partial charge in [-0.3, -0.25) is 0 Å². The van der Waals surface area contributed by atoms with Crippen LogP contribution in [0.25, 0.3) is 0 Å². The van der Waals surface area contributed by atoms with Crippen LogP contribution in [0, 0.1) is 0 Å². The topological polar surface area (TPSA) is 26.0 Å². The minimum atomic E-state index is 0.752. The summed E-state index contributed by atoms with van der Waals surface area (Å²) in [5, 5.41) is 0. The Morgan fingerprint density at radius 2 is 1.83 bits per heavy atom. The van der Waals surface area contributed by atoms with Crippen LogP contribution >= 0.6 is 0 Å². The second-order valence-electron chi connectivity index (χ2n) is 4.24. The molecular formula is C17H27N. The van der Waals surface area contributed by atoms with Crippen LogP contribution in [0.3, 0.4) is 0 Å². The quantitative estimate of drug-likeness (QED) is 0.447. The minimum absolute atomic E-state index is 0.752. The molecule has 0 heterocycles. The first-order valence-electron chi connectivity index (χ1n) is 6.82.